The van der Waals surface area contributed by atoms with E-state index in [4.69, 9.17) is 11.6 Å². The van der Waals surface area contributed by atoms with Gasteiger partial charge in [0.2, 0.25) is 0 Å². The van der Waals surface area contributed by atoms with Crippen LogP contribution >= 0.6 is 22.9 Å². The Bertz CT molecular complexity index is 1600. The molecule has 13 heteroatoms. The molecule has 0 aliphatic carbocycles. The van der Waals surface area contributed by atoms with Crippen molar-refractivity contribution in [2.75, 3.05) is 17.7 Å². The highest BCUT2D eigenvalue weighted by molar-refractivity contribution is 7.92. The van der Waals surface area contributed by atoms with Crippen LogP contribution in [0, 0.1) is 12.7 Å². The fraction of sp³-hybridized carbons (Fsp3) is 0.0952. The lowest BCUT2D eigenvalue weighted by atomic mass is 10.1. The number of amides is 2. The van der Waals surface area contributed by atoms with Gasteiger partial charge in [-0.05, 0) is 54.3 Å². The monoisotopic (exact) mass is 521 g/mol. The third-order valence-electron chi connectivity index (χ3n) is 4.84. The predicted octanol–water partition coefficient (Wildman–Crippen LogP) is 4.10. The molecular formula is C21H17ClFN5O4S2. The summed E-state index contributed by atoms with van der Waals surface area (Å²) in [6, 6.07) is 7.61. The Morgan fingerprint density at radius 3 is 2.62 bits per heavy atom. The van der Waals surface area contributed by atoms with Gasteiger partial charge < -0.3 is 10.6 Å². The van der Waals surface area contributed by atoms with Crippen LogP contribution in [0.5, 0.6) is 0 Å². The number of thiophene rings is 1. The third kappa shape index (κ3) is 4.60. The summed E-state index contributed by atoms with van der Waals surface area (Å²) in [5.41, 5.74) is 0.529. The van der Waals surface area contributed by atoms with E-state index in [1.165, 1.54) is 35.2 Å². The number of aryl methyl sites for hydroxylation is 1. The number of fused-ring (bicyclic) bond motifs is 1. The standard InChI is InChI=1S/C21H17ClFN5O4S2/c1-11-7-13(26-21(30)27-34(31,32)18-4-3-17(22)33-18)10-25-19(11)28-6-5-12-8-16(24-2)15(23)9-14(12)20(28)29/h3-10,24H,1-2H3,(H2,26,27,30). The molecule has 3 heterocycles. The van der Waals surface area contributed by atoms with Gasteiger partial charge in [-0.3, -0.25) is 9.36 Å². The first-order chi connectivity index (χ1) is 16.1. The number of rotatable bonds is 5. The van der Waals surface area contributed by atoms with E-state index in [0.29, 0.717) is 10.9 Å². The molecule has 0 spiro atoms. The lowest BCUT2D eigenvalue weighted by molar-refractivity contribution is 0.256. The molecule has 0 atom stereocenters. The Balaban J connectivity index is 1.59. The molecule has 0 radical (unpaired) electrons. The number of hydrogen-bond donors (Lipinski definition) is 3. The van der Waals surface area contributed by atoms with Crippen LogP contribution in [-0.2, 0) is 10.0 Å². The summed E-state index contributed by atoms with van der Waals surface area (Å²) in [7, 11) is -2.50. The summed E-state index contributed by atoms with van der Waals surface area (Å²) < 4.78 is 42.0. The number of hydrogen-bond acceptors (Lipinski definition) is 7. The van der Waals surface area contributed by atoms with E-state index in [1.807, 2.05) is 4.72 Å². The summed E-state index contributed by atoms with van der Waals surface area (Å²) in [6.07, 6.45) is 2.80. The lowest BCUT2D eigenvalue weighted by Crippen LogP contribution is -2.34. The quantitative estimate of drug-likeness (QED) is 0.363. The van der Waals surface area contributed by atoms with E-state index < -0.39 is 27.4 Å². The van der Waals surface area contributed by atoms with Gasteiger partial charge in [0.25, 0.3) is 15.6 Å². The van der Waals surface area contributed by atoms with Crippen molar-refractivity contribution in [1.29, 1.82) is 0 Å². The molecule has 4 rings (SSSR count). The SMILES string of the molecule is CNc1cc2ccn(-c3ncc(NC(=O)NS(=O)(=O)c4ccc(Cl)s4)cc3C)c(=O)c2cc1F. The number of benzene rings is 1. The van der Waals surface area contributed by atoms with E-state index in [9.17, 15) is 22.4 Å². The van der Waals surface area contributed by atoms with Gasteiger partial charge in [0.05, 0.1) is 27.3 Å². The smallest absolute Gasteiger partial charge is 0.333 e. The highest BCUT2D eigenvalue weighted by Crippen LogP contribution is 2.25. The zero-order chi connectivity index (χ0) is 24.6. The predicted molar refractivity (Wildman–Crippen MR) is 130 cm³/mol. The first-order valence-electron chi connectivity index (χ1n) is 9.68. The van der Waals surface area contributed by atoms with Crippen LogP contribution in [0.1, 0.15) is 5.56 Å². The minimum atomic E-state index is -4.08. The molecule has 3 N–H and O–H groups in total. The van der Waals surface area contributed by atoms with Gasteiger partial charge in [-0.15, -0.1) is 11.3 Å². The van der Waals surface area contributed by atoms with Crippen LogP contribution in [0.4, 0.5) is 20.6 Å². The molecular weight excluding hydrogens is 505 g/mol. The molecule has 4 aromatic rings. The highest BCUT2D eigenvalue weighted by atomic mass is 35.5. The topological polar surface area (TPSA) is 122 Å². The molecule has 176 valence electrons. The number of carbonyl (C=O) groups is 1. The second-order valence-electron chi connectivity index (χ2n) is 7.14. The lowest BCUT2D eigenvalue weighted by Gasteiger charge is -2.12. The van der Waals surface area contributed by atoms with Crippen molar-refractivity contribution >= 4 is 61.1 Å². The number of carbonyl (C=O) groups excluding carboxylic acids is 1. The fourth-order valence-corrected chi connectivity index (χ4v) is 5.67. The second-order valence-corrected chi connectivity index (χ2v) is 10.8. The van der Waals surface area contributed by atoms with Gasteiger partial charge in [0.1, 0.15) is 15.8 Å². The van der Waals surface area contributed by atoms with Gasteiger partial charge in [-0.25, -0.2) is 27.3 Å². The molecule has 9 nitrogen and oxygen atoms in total. The second kappa shape index (κ2) is 9.05. The number of urea groups is 1. The van der Waals surface area contributed by atoms with E-state index >= 15 is 0 Å². The number of halogens is 2. The van der Waals surface area contributed by atoms with E-state index in [2.05, 4.69) is 15.6 Å². The normalized spacial score (nSPS) is 11.4. The van der Waals surface area contributed by atoms with Crippen LogP contribution in [0.3, 0.4) is 0 Å². The van der Waals surface area contributed by atoms with Crippen molar-refractivity contribution in [2.24, 2.45) is 0 Å². The Hall–Kier alpha value is -3.48. The minimum absolute atomic E-state index is 0.105. The average Bonchev–Trinajstić information content (AvgIpc) is 3.22. The largest absolute Gasteiger partial charge is 0.386 e. The summed E-state index contributed by atoms with van der Waals surface area (Å²) in [4.78, 5) is 29.4. The summed E-state index contributed by atoms with van der Waals surface area (Å²) in [6.45, 7) is 1.66. The molecule has 0 aliphatic rings. The first kappa shape index (κ1) is 23.7. The summed E-state index contributed by atoms with van der Waals surface area (Å²) >= 11 is 6.57. The van der Waals surface area contributed by atoms with E-state index in [1.54, 1.807) is 26.1 Å². The summed E-state index contributed by atoms with van der Waals surface area (Å²) in [5, 5.41) is 5.87. The fourth-order valence-electron chi connectivity index (χ4n) is 3.28. The van der Waals surface area contributed by atoms with Crippen LogP contribution in [-0.4, -0.2) is 31.0 Å². The Labute approximate surface area is 202 Å². The zero-order valence-corrected chi connectivity index (χ0v) is 20.1. The van der Waals surface area contributed by atoms with Gasteiger partial charge in [-0.1, -0.05) is 11.6 Å². The van der Waals surface area contributed by atoms with E-state index in [0.717, 1.165) is 17.4 Å². The van der Waals surface area contributed by atoms with Crippen molar-refractivity contribution in [1.82, 2.24) is 14.3 Å². The third-order valence-corrected chi connectivity index (χ3v) is 7.89. The first-order valence-corrected chi connectivity index (χ1v) is 12.4. The maximum atomic E-state index is 14.2. The van der Waals surface area contributed by atoms with Gasteiger partial charge >= 0.3 is 6.03 Å². The van der Waals surface area contributed by atoms with Crippen LogP contribution in [0.25, 0.3) is 16.6 Å². The van der Waals surface area contributed by atoms with Crippen molar-refractivity contribution in [3.05, 3.63) is 74.9 Å². The van der Waals surface area contributed by atoms with Gasteiger partial charge in [0, 0.05) is 13.2 Å². The number of sulfonamides is 1. The van der Waals surface area contributed by atoms with Gasteiger partial charge in [0.15, 0.2) is 0 Å². The molecule has 0 aliphatic heterocycles. The van der Waals surface area contributed by atoms with E-state index in [-0.39, 0.29) is 31.1 Å². The van der Waals surface area contributed by atoms with Crippen molar-refractivity contribution in [3.8, 4) is 5.82 Å². The molecule has 1 aromatic carbocycles. The number of aromatic nitrogens is 2. The van der Waals surface area contributed by atoms with Crippen LogP contribution in [0.15, 0.2) is 57.8 Å². The zero-order valence-electron chi connectivity index (χ0n) is 17.7. The Kier molecular flexibility index (Phi) is 6.30. The molecule has 34 heavy (non-hydrogen) atoms. The molecule has 0 unspecified atom stereocenters. The number of pyridine rings is 2. The van der Waals surface area contributed by atoms with Crippen molar-refractivity contribution < 1.29 is 17.6 Å². The number of nitrogens with zero attached hydrogens (tertiary/aromatic N) is 2. The molecule has 0 saturated carbocycles. The number of anilines is 2. The highest BCUT2D eigenvalue weighted by Gasteiger charge is 2.20. The van der Waals surface area contributed by atoms with Crippen molar-refractivity contribution in [3.63, 3.8) is 0 Å². The molecule has 0 fully saturated rings. The maximum absolute atomic E-state index is 14.2. The van der Waals surface area contributed by atoms with Crippen LogP contribution in [0.2, 0.25) is 4.34 Å². The molecule has 0 bridgehead atoms. The molecule has 3 aromatic heterocycles. The minimum Gasteiger partial charge on any atom is -0.386 e. The Morgan fingerprint density at radius 1 is 1.21 bits per heavy atom. The maximum Gasteiger partial charge on any atom is 0.333 e. The molecule has 2 amide bonds. The van der Waals surface area contributed by atoms with Crippen molar-refractivity contribution in [2.45, 2.75) is 11.1 Å². The van der Waals surface area contributed by atoms with Crippen LogP contribution < -0.4 is 20.9 Å². The average molecular weight is 522 g/mol. The molecule has 0 saturated heterocycles. The number of nitrogens with one attached hydrogen (secondary N) is 3. The summed E-state index contributed by atoms with van der Waals surface area (Å²) in [5.74, 6) is -0.281. The van der Waals surface area contributed by atoms with Gasteiger partial charge in [-0.2, -0.15) is 0 Å². The Morgan fingerprint density at radius 2 is 1.97 bits per heavy atom.